The monoisotopic (exact) mass is 393 g/mol. The van der Waals surface area contributed by atoms with E-state index in [1.54, 1.807) is 19.3 Å². The molecule has 3 aromatic rings. The molecule has 1 fully saturated rings. The second-order valence-electron chi connectivity index (χ2n) is 7.38. The number of nitrogens with zero attached hydrogens (tertiary/aromatic N) is 4. The largest absolute Gasteiger partial charge is 0.401 e. The van der Waals surface area contributed by atoms with Gasteiger partial charge in [-0.1, -0.05) is 0 Å². The Labute approximate surface area is 159 Å². The first-order valence-electron chi connectivity index (χ1n) is 9.43. The minimum absolute atomic E-state index is 0.0474. The van der Waals surface area contributed by atoms with Crippen LogP contribution in [0.3, 0.4) is 0 Å². The van der Waals surface area contributed by atoms with Crippen LogP contribution in [-0.4, -0.2) is 43.4 Å². The molecular weight excluding hydrogens is 371 g/mol. The third-order valence-corrected chi connectivity index (χ3v) is 5.33. The van der Waals surface area contributed by atoms with Crippen LogP contribution < -0.4 is 5.32 Å². The summed E-state index contributed by atoms with van der Waals surface area (Å²) in [6.07, 6.45) is 1.08. The van der Waals surface area contributed by atoms with Gasteiger partial charge in [0.25, 0.3) is 0 Å². The normalized spacial score (nSPS) is 22.0. The Bertz CT molecular complexity index is 977. The summed E-state index contributed by atoms with van der Waals surface area (Å²) in [5, 5.41) is 12.9. The number of nitrogens with one attached hydrogen (secondary N) is 1. The lowest BCUT2D eigenvalue weighted by Gasteiger charge is -2.32. The molecule has 3 aromatic heterocycles. The molecule has 6 nitrogen and oxygen atoms in total. The Kier molecular flexibility index (Phi) is 4.96. The van der Waals surface area contributed by atoms with E-state index in [1.807, 2.05) is 16.7 Å². The van der Waals surface area contributed by atoms with E-state index in [1.165, 1.54) is 0 Å². The molecule has 0 saturated heterocycles. The highest BCUT2D eigenvalue weighted by Gasteiger charge is 2.31. The average molecular weight is 393 g/mol. The van der Waals surface area contributed by atoms with E-state index in [9.17, 15) is 18.3 Å². The molecule has 0 radical (unpaired) electrons. The summed E-state index contributed by atoms with van der Waals surface area (Å²) in [4.78, 5) is 13.4. The third kappa shape index (κ3) is 3.68. The van der Waals surface area contributed by atoms with Crippen molar-refractivity contribution in [3.05, 3.63) is 30.4 Å². The van der Waals surface area contributed by atoms with E-state index in [0.29, 0.717) is 37.0 Å². The van der Waals surface area contributed by atoms with Gasteiger partial charge < -0.3 is 15.0 Å². The summed E-state index contributed by atoms with van der Waals surface area (Å²) >= 11 is 0. The SMILES string of the molecule is CC(O)c1nc2cnc3cccnc3c2n1C1CCC(NCC(F)(F)F)CC1. The molecule has 9 heteroatoms. The van der Waals surface area contributed by atoms with E-state index in [-0.39, 0.29) is 12.1 Å². The van der Waals surface area contributed by atoms with Gasteiger partial charge >= 0.3 is 6.18 Å². The lowest BCUT2D eigenvalue weighted by molar-refractivity contribution is -0.126. The van der Waals surface area contributed by atoms with Crippen LogP contribution in [0.4, 0.5) is 13.2 Å². The van der Waals surface area contributed by atoms with E-state index >= 15 is 0 Å². The quantitative estimate of drug-likeness (QED) is 0.707. The molecule has 0 spiro atoms. The number of alkyl halides is 3. The maximum Gasteiger partial charge on any atom is 0.401 e. The number of pyridine rings is 2. The number of imidazole rings is 1. The predicted molar refractivity (Wildman–Crippen MR) is 98.8 cm³/mol. The summed E-state index contributed by atoms with van der Waals surface area (Å²) in [5.41, 5.74) is 2.96. The van der Waals surface area contributed by atoms with Gasteiger partial charge in [-0.3, -0.25) is 9.97 Å². The number of hydrogen-bond acceptors (Lipinski definition) is 5. The van der Waals surface area contributed by atoms with Gasteiger partial charge in [0.05, 0.1) is 23.8 Å². The maximum atomic E-state index is 12.5. The highest BCUT2D eigenvalue weighted by molar-refractivity contribution is 5.99. The molecule has 1 aliphatic rings. The fraction of sp³-hybridized carbons (Fsp3) is 0.526. The maximum absolute atomic E-state index is 12.5. The summed E-state index contributed by atoms with van der Waals surface area (Å²) in [6.45, 7) is 0.701. The Morgan fingerprint density at radius 2 is 1.96 bits per heavy atom. The number of halogens is 3. The number of rotatable bonds is 4. The minimum Gasteiger partial charge on any atom is -0.385 e. The molecule has 0 aliphatic heterocycles. The first kappa shape index (κ1) is 19.1. The van der Waals surface area contributed by atoms with Crippen LogP contribution in [-0.2, 0) is 0 Å². The zero-order valence-electron chi connectivity index (χ0n) is 15.4. The first-order chi connectivity index (χ1) is 13.3. The minimum atomic E-state index is -4.20. The van der Waals surface area contributed by atoms with Crippen molar-refractivity contribution in [2.45, 2.75) is 57.0 Å². The van der Waals surface area contributed by atoms with E-state index in [4.69, 9.17) is 0 Å². The van der Waals surface area contributed by atoms with Gasteiger partial charge in [-0.05, 0) is 44.7 Å². The van der Waals surface area contributed by atoms with Crippen molar-refractivity contribution in [1.29, 1.82) is 0 Å². The van der Waals surface area contributed by atoms with Crippen molar-refractivity contribution < 1.29 is 18.3 Å². The van der Waals surface area contributed by atoms with Crippen LogP contribution in [0.15, 0.2) is 24.5 Å². The number of aliphatic hydroxyl groups excluding tert-OH is 1. The number of hydrogen-bond donors (Lipinski definition) is 2. The standard InChI is InChI=1S/C19H22F3N5O/c1-11(28)18-26-15-9-24-14-3-2-8-23-16(14)17(15)27(18)13-6-4-12(5-7-13)25-10-19(20,21)22/h2-3,8-9,11-13,25,28H,4-7,10H2,1H3. The topological polar surface area (TPSA) is 75.9 Å². The summed E-state index contributed by atoms with van der Waals surface area (Å²) in [7, 11) is 0. The number of fused-ring (bicyclic) bond motifs is 3. The molecule has 0 aromatic carbocycles. The second kappa shape index (κ2) is 7.29. The lowest BCUT2D eigenvalue weighted by Crippen LogP contribution is -2.39. The summed E-state index contributed by atoms with van der Waals surface area (Å²) in [5.74, 6) is 0.543. The second-order valence-corrected chi connectivity index (χ2v) is 7.38. The third-order valence-electron chi connectivity index (χ3n) is 5.33. The highest BCUT2D eigenvalue weighted by Crippen LogP contribution is 2.36. The molecule has 0 amide bonds. The Morgan fingerprint density at radius 3 is 2.64 bits per heavy atom. The summed E-state index contributed by atoms with van der Waals surface area (Å²) in [6, 6.07) is 3.58. The van der Waals surface area contributed by atoms with Gasteiger partial charge in [0, 0.05) is 18.3 Å². The molecule has 1 atom stereocenters. The molecule has 0 bridgehead atoms. The molecular formula is C19H22F3N5O. The Hall–Kier alpha value is -2.26. The molecule has 1 aliphatic carbocycles. The molecule has 2 N–H and O–H groups in total. The van der Waals surface area contributed by atoms with Crippen LogP contribution in [0.5, 0.6) is 0 Å². The molecule has 28 heavy (non-hydrogen) atoms. The fourth-order valence-electron chi connectivity index (χ4n) is 4.07. The van der Waals surface area contributed by atoms with Crippen molar-refractivity contribution in [3.63, 3.8) is 0 Å². The average Bonchev–Trinajstić information content (AvgIpc) is 3.07. The van der Waals surface area contributed by atoms with Crippen molar-refractivity contribution in [2.75, 3.05) is 6.54 Å². The van der Waals surface area contributed by atoms with E-state index in [2.05, 4.69) is 20.3 Å². The van der Waals surface area contributed by atoms with Gasteiger partial charge in [0.15, 0.2) is 0 Å². The first-order valence-corrected chi connectivity index (χ1v) is 9.43. The fourth-order valence-corrected chi connectivity index (χ4v) is 4.07. The van der Waals surface area contributed by atoms with E-state index in [0.717, 1.165) is 16.6 Å². The zero-order chi connectivity index (χ0) is 19.9. The van der Waals surface area contributed by atoms with Crippen LogP contribution in [0, 0.1) is 0 Å². The van der Waals surface area contributed by atoms with Gasteiger partial charge in [-0.15, -0.1) is 0 Å². The van der Waals surface area contributed by atoms with E-state index < -0.39 is 18.8 Å². The smallest absolute Gasteiger partial charge is 0.385 e. The van der Waals surface area contributed by atoms with Gasteiger partial charge in [0.1, 0.15) is 23.0 Å². The molecule has 1 unspecified atom stereocenters. The Morgan fingerprint density at radius 1 is 1.21 bits per heavy atom. The predicted octanol–water partition coefficient (Wildman–Crippen LogP) is 3.67. The lowest BCUT2D eigenvalue weighted by atomic mass is 9.90. The van der Waals surface area contributed by atoms with Crippen molar-refractivity contribution in [1.82, 2.24) is 24.8 Å². The molecule has 3 heterocycles. The van der Waals surface area contributed by atoms with Crippen LogP contribution >= 0.6 is 0 Å². The molecule has 4 rings (SSSR count). The van der Waals surface area contributed by atoms with Crippen molar-refractivity contribution in [3.8, 4) is 0 Å². The van der Waals surface area contributed by atoms with Crippen molar-refractivity contribution in [2.24, 2.45) is 0 Å². The number of aliphatic hydroxyl groups is 1. The van der Waals surface area contributed by atoms with Gasteiger partial charge in [0.2, 0.25) is 0 Å². The van der Waals surface area contributed by atoms with Crippen LogP contribution in [0.25, 0.3) is 22.1 Å². The molecule has 150 valence electrons. The Balaban J connectivity index is 1.66. The van der Waals surface area contributed by atoms with Crippen molar-refractivity contribution >= 4 is 22.1 Å². The van der Waals surface area contributed by atoms with Gasteiger partial charge in [-0.2, -0.15) is 13.2 Å². The summed E-state index contributed by atoms with van der Waals surface area (Å²) < 4.78 is 39.4. The highest BCUT2D eigenvalue weighted by atomic mass is 19.4. The van der Waals surface area contributed by atoms with Crippen LogP contribution in [0.1, 0.15) is 50.6 Å². The van der Waals surface area contributed by atoms with Crippen LogP contribution in [0.2, 0.25) is 0 Å². The molecule has 1 saturated carbocycles. The zero-order valence-corrected chi connectivity index (χ0v) is 15.4. The van der Waals surface area contributed by atoms with Gasteiger partial charge in [-0.25, -0.2) is 4.98 Å². The number of aromatic nitrogens is 4.